The molecular weight excluding hydrogens is 298 g/mol. The van der Waals surface area contributed by atoms with Crippen LogP contribution in [0.15, 0.2) is 35.6 Å². The molecule has 0 unspecified atom stereocenters. The molecule has 0 radical (unpaired) electrons. The van der Waals surface area contributed by atoms with Gasteiger partial charge in [0.1, 0.15) is 0 Å². The number of nitrogens with one attached hydrogen (secondary N) is 1. The molecule has 114 valence electrons. The van der Waals surface area contributed by atoms with Crippen molar-refractivity contribution in [3.05, 3.63) is 41.7 Å². The van der Waals surface area contributed by atoms with Crippen LogP contribution in [0.5, 0.6) is 11.5 Å². The quantitative estimate of drug-likeness (QED) is 0.729. The number of thioether (sulfide) groups is 1. The van der Waals surface area contributed by atoms with E-state index in [9.17, 15) is 0 Å². The van der Waals surface area contributed by atoms with E-state index in [1.54, 1.807) is 38.2 Å². The summed E-state index contributed by atoms with van der Waals surface area (Å²) < 4.78 is 10.7. The number of aromatic nitrogens is 3. The second-order valence-corrected chi connectivity index (χ2v) is 5.81. The van der Waals surface area contributed by atoms with Crippen LogP contribution in [-0.2, 0) is 5.75 Å². The molecule has 1 aromatic carbocycles. The molecular formula is C16H17N3O2S. The molecule has 3 aromatic rings. The van der Waals surface area contributed by atoms with Crippen molar-refractivity contribution in [2.75, 3.05) is 14.2 Å². The third-order valence-corrected chi connectivity index (χ3v) is 4.21. The number of rotatable bonds is 5. The zero-order chi connectivity index (χ0) is 15.5. The molecule has 0 amide bonds. The number of fused-ring (bicyclic) bond motifs is 1. The fraction of sp³-hybridized carbons (Fsp3) is 0.250. The fourth-order valence-corrected chi connectivity index (χ4v) is 3.08. The van der Waals surface area contributed by atoms with Crippen LogP contribution in [0.4, 0.5) is 0 Å². The summed E-state index contributed by atoms with van der Waals surface area (Å²) in [5.74, 6) is 2.01. The van der Waals surface area contributed by atoms with E-state index in [4.69, 9.17) is 9.47 Å². The summed E-state index contributed by atoms with van der Waals surface area (Å²) in [7, 11) is 3.24. The highest BCUT2D eigenvalue weighted by molar-refractivity contribution is 7.98. The lowest BCUT2D eigenvalue weighted by Crippen LogP contribution is -1.97. The Morgan fingerprint density at radius 1 is 1.18 bits per heavy atom. The lowest BCUT2D eigenvalue weighted by atomic mass is 10.2. The van der Waals surface area contributed by atoms with Gasteiger partial charge in [-0.1, -0.05) is 17.8 Å². The van der Waals surface area contributed by atoms with E-state index in [0.717, 1.165) is 21.9 Å². The van der Waals surface area contributed by atoms with Gasteiger partial charge >= 0.3 is 0 Å². The Morgan fingerprint density at radius 3 is 2.82 bits per heavy atom. The highest BCUT2D eigenvalue weighted by Crippen LogP contribution is 2.33. The highest BCUT2D eigenvalue weighted by atomic mass is 32.2. The SMILES string of the molecule is COc1ccnc(CSc2nc3ccc(C)cc3[nH]2)c1OC. The van der Waals surface area contributed by atoms with Crippen molar-refractivity contribution in [1.29, 1.82) is 0 Å². The molecule has 6 heteroatoms. The number of pyridine rings is 1. The molecule has 0 fully saturated rings. The van der Waals surface area contributed by atoms with Gasteiger partial charge in [-0.3, -0.25) is 4.98 Å². The molecule has 0 aliphatic heterocycles. The van der Waals surface area contributed by atoms with Crippen LogP contribution in [0, 0.1) is 6.92 Å². The molecule has 5 nitrogen and oxygen atoms in total. The molecule has 0 bridgehead atoms. The minimum absolute atomic E-state index is 0.652. The van der Waals surface area contributed by atoms with Gasteiger partial charge in [-0.2, -0.15) is 0 Å². The van der Waals surface area contributed by atoms with Crippen molar-refractivity contribution in [3.8, 4) is 11.5 Å². The molecule has 1 N–H and O–H groups in total. The first kappa shape index (κ1) is 14.7. The molecule has 0 atom stereocenters. The van der Waals surface area contributed by atoms with Gasteiger partial charge in [0.2, 0.25) is 0 Å². The summed E-state index contributed by atoms with van der Waals surface area (Å²) in [6, 6.07) is 7.97. The summed E-state index contributed by atoms with van der Waals surface area (Å²) in [6.45, 7) is 2.07. The second-order valence-electron chi connectivity index (χ2n) is 4.84. The third kappa shape index (κ3) is 2.87. The van der Waals surface area contributed by atoms with Gasteiger partial charge in [-0.15, -0.1) is 0 Å². The van der Waals surface area contributed by atoms with Crippen LogP contribution in [0.25, 0.3) is 11.0 Å². The minimum Gasteiger partial charge on any atom is -0.493 e. The van der Waals surface area contributed by atoms with Gasteiger partial charge in [-0.05, 0) is 24.6 Å². The lowest BCUT2D eigenvalue weighted by Gasteiger charge is -2.10. The molecule has 3 rings (SSSR count). The van der Waals surface area contributed by atoms with Crippen molar-refractivity contribution in [3.63, 3.8) is 0 Å². The smallest absolute Gasteiger partial charge is 0.183 e. The number of hydrogen-bond donors (Lipinski definition) is 1. The summed E-state index contributed by atoms with van der Waals surface area (Å²) in [6.07, 6.45) is 1.72. The predicted molar refractivity (Wildman–Crippen MR) is 87.7 cm³/mol. The van der Waals surface area contributed by atoms with Gasteiger partial charge < -0.3 is 14.5 Å². The number of nitrogens with zero attached hydrogens (tertiary/aromatic N) is 2. The first-order valence-corrected chi connectivity index (χ1v) is 7.85. The van der Waals surface area contributed by atoms with Crippen molar-refractivity contribution >= 4 is 22.8 Å². The summed E-state index contributed by atoms with van der Waals surface area (Å²) in [5.41, 5.74) is 4.07. The number of methoxy groups -OCH3 is 2. The van der Waals surface area contributed by atoms with Crippen LogP contribution in [0.1, 0.15) is 11.3 Å². The summed E-state index contributed by atoms with van der Waals surface area (Å²) >= 11 is 1.59. The average Bonchev–Trinajstić information content (AvgIpc) is 2.94. The standard InChI is InChI=1S/C16H17N3O2S/c1-10-4-5-11-12(8-10)19-16(18-11)22-9-13-15(21-3)14(20-2)6-7-17-13/h4-8H,9H2,1-3H3,(H,18,19). The summed E-state index contributed by atoms with van der Waals surface area (Å²) in [4.78, 5) is 12.3. The minimum atomic E-state index is 0.652. The average molecular weight is 315 g/mol. The van der Waals surface area contributed by atoms with E-state index in [1.165, 1.54) is 5.56 Å². The zero-order valence-corrected chi connectivity index (χ0v) is 13.5. The Bertz CT molecular complexity index is 801. The number of aromatic amines is 1. The maximum absolute atomic E-state index is 5.40. The number of benzene rings is 1. The molecule has 0 spiro atoms. The van der Waals surface area contributed by atoms with Crippen LogP contribution < -0.4 is 9.47 Å². The molecule has 2 heterocycles. The van der Waals surface area contributed by atoms with E-state index >= 15 is 0 Å². The summed E-state index contributed by atoms with van der Waals surface area (Å²) in [5, 5.41) is 0.868. The van der Waals surface area contributed by atoms with Crippen LogP contribution in [0.3, 0.4) is 0 Å². The Kier molecular flexibility index (Phi) is 4.20. The zero-order valence-electron chi connectivity index (χ0n) is 12.7. The molecule has 22 heavy (non-hydrogen) atoms. The number of imidazole rings is 1. The number of ether oxygens (including phenoxy) is 2. The Balaban J connectivity index is 1.82. The van der Waals surface area contributed by atoms with E-state index in [-0.39, 0.29) is 0 Å². The van der Waals surface area contributed by atoms with E-state index in [1.807, 2.05) is 6.07 Å². The van der Waals surface area contributed by atoms with Crippen LogP contribution in [-0.4, -0.2) is 29.2 Å². The van der Waals surface area contributed by atoms with E-state index in [2.05, 4.69) is 34.0 Å². The fourth-order valence-electron chi connectivity index (χ4n) is 2.26. The normalized spacial score (nSPS) is 10.9. The Hall–Kier alpha value is -2.21. The van der Waals surface area contributed by atoms with E-state index in [0.29, 0.717) is 17.3 Å². The molecule has 0 saturated carbocycles. The Labute approximate surface area is 133 Å². The first-order chi connectivity index (χ1) is 10.7. The van der Waals surface area contributed by atoms with E-state index < -0.39 is 0 Å². The maximum atomic E-state index is 5.40. The lowest BCUT2D eigenvalue weighted by molar-refractivity contribution is 0.350. The van der Waals surface area contributed by atoms with Gasteiger partial charge in [-0.25, -0.2) is 4.98 Å². The monoisotopic (exact) mass is 315 g/mol. The van der Waals surface area contributed by atoms with Gasteiger partial charge in [0.25, 0.3) is 0 Å². The van der Waals surface area contributed by atoms with Crippen molar-refractivity contribution in [2.45, 2.75) is 17.8 Å². The molecule has 0 saturated heterocycles. The molecule has 2 aromatic heterocycles. The van der Waals surface area contributed by atoms with Gasteiger partial charge in [0.15, 0.2) is 16.7 Å². The number of H-pyrrole nitrogens is 1. The van der Waals surface area contributed by atoms with Crippen LogP contribution in [0.2, 0.25) is 0 Å². The Morgan fingerprint density at radius 2 is 2.05 bits per heavy atom. The number of aryl methyl sites for hydroxylation is 1. The highest BCUT2D eigenvalue weighted by Gasteiger charge is 2.12. The third-order valence-electron chi connectivity index (χ3n) is 3.33. The van der Waals surface area contributed by atoms with Gasteiger partial charge in [0, 0.05) is 18.0 Å². The van der Waals surface area contributed by atoms with Crippen molar-refractivity contribution < 1.29 is 9.47 Å². The van der Waals surface area contributed by atoms with Gasteiger partial charge in [0.05, 0.1) is 30.9 Å². The largest absolute Gasteiger partial charge is 0.493 e. The second kappa shape index (κ2) is 6.27. The van der Waals surface area contributed by atoms with Crippen molar-refractivity contribution in [1.82, 2.24) is 15.0 Å². The topological polar surface area (TPSA) is 60.0 Å². The van der Waals surface area contributed by atoms with Crippen molar-refractivity contribution in [2.24, 2.45) is 0 Å². The maximum Gasteiger partial charge on any atom is 0.183 e. The molecule has 0 aliphatic rings. The first-order valence-electron chi connectivity index (χ1n) is 6.86. The predicted octanol–water partition coefficient (Wildman–Crippen LogP) is 3.58. The number of hydrogen-bond acceptors (Lipinski definition) is 5. The van der Waals surface area contributed by atoms with Crippen LogP contribution >= 0.6 is 11.8 Å². The molecule has 0 aliphatic carbocycles.